The van der Waals surface area contributed by atoms with Gasteiger partial charge in [-0.15, -0.1) is 5.10 Å². The summed E-state index contributed by atoms with van der Waals surface area (Å²) in [6.07, 6.45) is 4.01. The van der Waals surface area contributed by atoms with Gasteiger partial charge >= 0.3 is 0 Å². The van der Waals surface area contributed by atoms with Gasteiger partial charge in [-0.1, -0.05) is 53.7 Å². The van der Waals surface area contributed by atoms with Gasteiger partial charge in [0.2, 0.25) is 0 Å². The maximum absolute atomic E-state index is 5.49. The molecule has 3 aromatic rings. The summed E-state index contributed by atoms with van der Waals surface area (Å²) in [4.78, 5) is 7.41. The molecule has 2 aliphatic heterocycles. The quantitative estimate of drug-likeness (QED) is 0.707. The maximum Gasteiger partial charge on any atom is 0.115 e. The molecule has 0 saturated carbocycles. The van der Waals surface area contributed by atoms with E-state index >= 15 is 0 Å². The van der Waals surface area contributed by atoms with E-state index in [4.69, 9.17) is 9.73 Å². The molecule has 3 heterocycles. The van der Waals surface area contributed by atoms with E-state index in [-0.39, 0.29) is 0 Å². The number of para-hydroxylation sites is 1. The minimum atomic E-state index is 0.713. The van der Waals surface area contributed by atoms with Gasteiger partial charge in [-0.2, -0.15) is 0 Å². The van der Waals surface area contributed by atoms with Gasteiger partial charge in [0.05, 0.1) is 31.6 Å². The maximum atomic E-state index is 5.49. The molecule has 6 heteroatoms. The van der Waals surface area contributed by atoms with Crippen LogP contribution in [0, 0.1) is 0 Å². The van der Waals surface area contributed by atoms with Crippen molar-refractivity contribution in [1.82, 2.24) is 19.9 Å². The van der Waals surface area contributed by atoms with Gasteiger partial charge in [0.1, 0.15) is 11.5 Å². The molecule has 0 aliphatic carbocycles. The van der Waals surface area contributed by atoms with Gasteiger partial charge in [-0.25, -0.2) is 9.67 Å². The van der Waals surface area contributed by atoms with Crippen molar-refractivity contribution in [3.8, 4) is 11.3 Å². The standard InChI is InChI=1S/C22H23N5O/c1-2-5-17(6-3-1)15-27-16-20(24-25-27)19-8-4-7-18-9-10-21(23-22(18)19)26-11-13-28-14-12-26/h1-8,16H,9-15H2. The number of benzene rings is 2. The van der Waals surface area contributed by atoms with E-state index in [0.29, 0.717) is 6.54 Å². The highest BCUT2D eigenvalue weighted by molar-refractivity contribution is 5.91. The monoisotopic (exact) mass is 373 g/mol. The first-order chi connectivity index (χ1) is 13.9. The zero-order valence-electron chi connectivity index (χ0n) is 15.8. The molecule has 28 heavy (non-hydrogen) atoms. The minimum Gasteiger partial charge on any atom is -0.378 e. The third kappa shape index (κ3) is 3.43. The third-order valence-corrected chi connectivity index (χ3v) is 5.36. The van der Waals surface area contributed by atoms with Gasteiger partial charge in [-0.3, -0.25) is 0 Å². The minimum absolute atomic E-state index is 0.713. The lowest BCUT2D eigenvalue weighted by atomic mass is 9.98. The summed E-state index contributed by atoms with van der Waals surface area (Å²) >= 11 is 0. The molecule has 2 aliphatic rings. The first-order valence-corrected chi connectivity index (χ1v) is 9.83. The number of rotatable bonds is 3. The smallest absolute Gasteiger partial charge is 0.115 e. The molecule has 1 fully saturated rings. The second-order valence-corrected chi connectivity index (χ2v) is 7.23. The van der Waals surface area contributed by atoms with Crippen molar-refractivity contribution in [3.63, 3.8) is 0 Å². The number of ether oxygens (including phenoxy) is 1. The van der Waals surface area contributed by atoms with Gasteiger partial charge in [0.25, 0.3) is 0 Å². The Morgan fingerprint density at radius 3 is 2.64 bits per heavy atom. The predicted octanol–water partition coefficient (Wildman–Crippen LogP) is 3.30. The fourth-order valence-electron chi connectivity index (χ4n) is 3.88. The lowest BCUT2D eigenvalue weighted by molar-refractivity contribution is 0.0671. The van der Waals surface area contributed by atoms with Crippen LogP contribution in [0.3, 0.4) is 0 Å². The van der Waals surface area contributed by atoms with E-state index in [1.165, 1.54) is 17.0 Å². The molecule has 0 atom stereocenters. The molecule has 1 aromatic heterocycles. The zero-order chi connectivity index (χ0) is 18.8. The third-order valence-electron chi connectivity index (χ3n) is 5.36. The van der Waals surface area contributed by atoms with Crippen LogP contribution in [-0.2, 0) is 17.7 Å². The number of aromatic nitrogens is 3. The average molecular weight is 373 g/mol. The second kappa shape index (κ2) is 7.56. The lowest BCUT2D eigenvalue weighted by Crippen LogP contribution is -2.41. The highest BCUT2D eigenvalue weighted by atomic mass is 16.5. The first-order valence-electron chi connectivity index (χ1n) is 9.83. The van der Waals surface area contributed by atoms with Crippen LogP contribution >= 0.6 is 0 Å². The number of nitrogens with zero attached hydrogens (tertiary/aromatic N) is 5. The van der Waals surface area contributed by atoms with Gasteiger partial charge in [0, 0.05) is 25.1 Å². The summed E-state index contributed by atoms with van der Waals surface area (Å²) in [7, 11) is 0. The van der Waals surface area contributed by atoms with Crippen molar-refractivity contribution >= 4 is 11.5 Å². The molecule has 6 nitrogen and oxygen atoms in total. The van der Waals surface area contributed by atoms with Gasteiger partial charge in [0.15, 0.2) is 0 Å². The Labute approximate surface area is 164 Å². The number of hydrogen-bond donors (Lipinski definition) is 0. The Kier molecular flexibility index (Phi) is 4.62. The van der Waals surface area contributed by atoms with Crippen molar-refractivity contribution in [1.29, 1.82) is 0 Å². The largest absolute Gasteiger partial charge is 0.378 e. The number of morpholine rings is 1. The Balaban J connectivity index is 1.45. The van der Waals surface area contributed by atoms with Crippen LogP contribution in [-0.4, -0.2) is 52.0 Å². The topological polar surface area (TPSA) is 55.5 Å². The number of hydrogen-bond acceptors (Lipinski definition) is 5. The van der Waals surface area contributed by atoms with Crippen LogP contribution in [0.4, 0.5) is 5.69 Å². The normalized spacial score (nSPS) is 16.6. The van der Waals surface area contributed by atoms with Crippen molar-refractivity contribution in [2.45, 2.75) is 19.4 Å². The van der Waals surface area contributed by atoms with Crippen LogP contribution in [0.15, 0.2) is 59.7 Å². The Morgan fingerprint density at radius 2 is 1.79 bits per heavy atom. The summed E-state index contributed by atoms with van der Waals surface area (Å²) in [6.45, 7) is 4.11. The molecule has 142 valence electrons. The Bertz CT molecular complexity index is 989. The van der Waals surface area contributed by atoms with E-state index in [1.807, 2.05) is 29.1 Å². The molecule has 2 aromatic carbocycles. The summed E-state index contributed by atoms with van der Waals surface area (Å²) < 4.78 is 7.38. The van der Waals surface area contributed by atoms with Crippen molar-refractivity contribution in [2.75, 3.05) is 26.3 Å². The fraction of sp³-hybridized carbons (Fsp3) is 0.318. The van der Waals surface area contributed by atoms with Crippen molar-refractivity contribution < 1.29 is 4.74 Å². The van der Waals surface area contributed by atoms with E-state index in [0.717, 1.165) is 56.1 Å². The molecule has 0 amide bonds. The first kappa shape index (κ1) is 17.1. The number of aliphatic imine (C=N–C) groups is 1. The Hall–Kier alpha value is -2.99. The summed E-state index contributed by atoms with van der Waals surface area (Å²) in [5.41, 5.74) is 5.47. The second-order valence-electron chi connectivity index (χ2n) is 7.23. The molecule has 5 rings (SSSR count). The number of fused-ring (bicyclic) bond motifs is 1. The van der Waals surface area contributed by atoms with Gasteiger partial charge < -0.3 is 9.64 Å². The fourth-order valence-corrected chi connectivity index (χ4v) is 3.88. The predicted molar refractivity (Wildman–Crippen MR) is 109 cm³/mol. The van der Waals surface area contributed by atoms with E-state index < -0.39 is 0 Å². The molecule has 0 unspecified atom stereocenters. The number of aryl methyl sites for hydroxylation is 1. The molecule has 0 spiro atoms. The molecular weight excluding hydrogens is 350 g/mol. The van der Waals surface area contributed by atoms with Crippen molar-refractivity contribution in [3.05, 3.63) is 65.9 Å². The highest BCUT2D eigenvalue weighted by Gasteiger charge is 2.22. The molecule has 1 saturated heterocycles. The Morgan fingerprint density at radius 1 is 0.929 bits per heavy atom. The van der Waals surface area contributed by atoms with Crippen LogP contribution < -0.4 is 0 Å². The average Bonchev–Trinajstić information content (AvgIpc) is 3.22. The van der Waals surface area contributed by atoms with E-state index in [1.54, 1.807) is 0 Å². The molecule has 0 radical (unpaired) electrons. The molecular formula is C22H23N5O. The van der Waals surface area contributed by atoms with Gasteiger partial charge in [-0.05, 0) is 17.5 Å². The zero-order valence-corrected chi connectivity index (χ0v) is 15.8. The van der Waals surface area contributed by atoms with Crippen molar-refractivity contribution in [2.24, 2.45) is 4.99 Å². The van der Waals surface area contributed by atoms with Crippen LogP contribution in [0.5, 0.6) is 0 Å². The van der Waals surface area contributed by atoms with Crippen LogP contribution in [0.25, 0.3) is 11.3 Å². The SMILES string of the molecule is c1ccc(Cn2cc(-c3cccc4c3N=C(N3CCOCC3)CC4)nn2)cc1. The summed E-state index contributed by atoms with van der Waals surface area (Å²) in [6, 6.07) is 16.7. The van der Waals surface area contributed by atoms with Crippen LogP contribution in [0.2, 0.25) is 0 Å². The lowest BCUT2D eigenvalue weighted by Gasteiger charge is -2.32. The van der Waals surface area contributed by atoms with E-state index in [9.17, 15) is 0 Å². The highest BCUT2D eigenvalue weighted by Crippen LogP contribution is 2.36. The van der Waals surface area contributed by atoms with E-state index in [2.05, 4.69) is 45.5 Å². The summed E-state index contributed by atoms with van der Waals surface area (Å²) in [5.74, 6) is 1.17. The van der Waals surface area contributed by atoms with Crippen LogP contribution in [0.1, 0.15) is 17.5 Å². The number of amidine groups is 1. The molecule has 0 N–H and O–H groups in total. The summed E-state index contributed by atoms with van der Waals surface area (Å²) in [5, 5.41) is 8.78. The molecule has 0 bridgehead atoms.